The van der Waals surface area contributed by atoms with E-state index in [2.05, 4.69) is 158 Å². The maximum absolute atomic E-state index is 10.1. The van der Waals surface area contributed by atoms with Crippen molar-refractivity contribution in [2.45, 2.75) is 13.8 Å². The van der Waals surface area contributed by atoms with Crippen LogP contribution in [0.5, 0.6) is 0 Å². The normalized spacial score (nSPS) is 11.8. The zero-order chi connectivity index (χ0) is 34.9. The van der Waals surface area contributed by atoms with E-state index in [-0.39, 0.29) is 0 Å². The van der Waals surface area contributed by atoms with Crippen molar-refractivity contribution in [2.75, 3.05) is 4.90 Å². The Hall–Kier alpha value is -6.69. The zero-order valence-corrected chi connectivity index (χ0v) is 28.8. The van der Waals surface area contributed by atoms with Gasteiger partial charge in [-0.15, -0.1) is 0 Å². The number of benzene rings is 7. The summed E-state index contributed by atoms with van der Waals surface area (Å²) in [5.74, 6) is 0. The van der Waals surface area contributed by atoms with Crippen LogP contribution in [0.15, 0.2) is 182 Å². The molecule has 0 amide bonds. The molecule has 242 valence electrons. The van der Waals surface area contributed by atoms with Gasteiger partial charge >= 0.3 is 0 Å². The van der Waals surface area contributed by atoms with Crippen LogP contribution >= 0.6 is 0 Å². The number of allylic oxidation sites excluding steroid dienone is 4. The van der Waals surface area contributed by atoms with E-state index in [1.54, 1.807) is 0 Å². The number of hydrogen-bond acceptors (Lipinski definition) is 2. The van der Waals surface area contributed by atoms with Gasteiger partial charge in [-0.1, -0.05) is 128 Å². The predicted octanol–water partition coefficient (Wildman–Crippen LogP) is 13.5. The summed E-state index contributed by atoms with van der Waals surface area (Å²) in [6.07, 6.45) is 8.06. The molecule has 0 N–H and O–H groups in total. The van der Waals surface area contributed by atoms with E-state index in [0.717, 1.165) is 44.9 Å². The molecule has 0 aliphatic heterocycles. The van der Waals surface area contributed by atoms with Gasteiger partial charge in [0.1, 0.15) is 0 Å². The van der Waals surface area contributed by atoms with Crippen LogP contribution in [-0.2, 0) is 0 Å². The first-order valence-corrected chi connectivity index (χ1v) is 17.3. The maximum Gasteiger partial charge on any atom is 0.0998 e. The Kier molecular flexibility index (Phi) is 8.24. The third kappa shape index (κ3) is 5.56. The Morgan fingerprint density at radius 2 is 1.20 bits per heavy atom. The van der Waals surface area contributed by atoms with E-state index in [0.29, 0.717) is 5.56 Å². The number of nitrogens with zero attached hydrogens (tertiary/aromatic N) is 2. The van der Waals surface area contributed by atoms with Crippen LogP contribution in [0.4, 0.5) is 11.4 Å². The highest BCUT2D eigenvalue weighted by molar-refractivity contribution is 6.18. The third-order valence-corrected chi connectivity index (χ3v) is 9.84. The van der Waals surface area contributed by atoms with Gasteiger partial charge in [-0.2, -0.15) is 5.26 Å². The van der Waals surface area contributed by atoms with Crippen molar-refractivity contribution in [3.8, 4) is 61.7 Å². The summed E-state index contributed by atoms with van der Waals surface area (Å²) in [6.45, 7) is 8.26. The van der Waals surface area contributed by atoms with Gasteiger partial charge in [0.15, 0.2) is 0 Å². The van der Waals surface area contributed by atoms with Crippen molar-refractivity contribution < 1.29 is 0 Å². The quantitative estimate of drug-likeness (QED) is 0.153. The lowest BCUT2D eigenvalue weighted by Crippen LogP contribution is -2.15. The van der Waals surface area contributed by atoms with E-state index in [4.69, 9.17) is 0 Å². The van der Waals surface area contributed by atoms with E-state index in [1.807, 2.05) is 43.3 Å². The molecule has 7 aromatic rings. The molecule has 1 aliphatic rings. The second-order valence-electron chi connectivity index (χ2n) is 12.9. The first kappa shape index (κ1) is 31.6. The molecular formula is C49H36N2. The predicted molar refractivity (Wildman–Crippen MR) is 216 cm³/mol. The highest BCUT2D eigenvalue weighted by Gasteiger charge is 2.23. The van der Waals surface area contributed by atoms with Crippen molar-refractivity contribution in [3.05, 3.63) is 193 Å². The van der Waals surface area contributed by atoms with Crippen LogP contribution in [0.1, 0.15) is 18.1 Å². The summed E-state index contributed by atoms with van der Waals surface area (Å²) >= 11 is 0. The van der Waals surface area contributed by atoms with E-state index >= 15 is 0 Å². The zero-order valence-electron chi connectivity index (χ0n) is 28.8. The van der Waals surface area contributed by atoms with E-state index in [9.17, 15) is 5.26 Å². The van der Waals surface area contributed by atoms with Gasteiger partial charge in [0.25, 0.3) is 0 Å². The van der Waals surface area contributed by atoms with Crippen LogP contribution in [0.2, 0.25) is 0 Å². The van der Waals surface area contributed by atoms with Crippen LogP contribution in [0, 0.1) is 18.3 Å². The highest BCUT2D eigenvalue weighted by atomic mass is 15.1. The van der Waals surface area contributed by atoms with Gasteiger partial charge in [0.2, 0.25) is 0 Å². The molecule has 2 nitrogen and oxygen atoms in total. The number of fused-ring (bicyclic) bond motifs is 3. The summed E-state index contributed by atoms with van der Waals surface area (Å²) in [5.41, 5.74) is 16.4. The summed E-state index contributed by atoms with van der Waals surface area (Å²) in [6, 6.07) is 54.1. The van der Waals surface area contributed by atoms with Crippen LogP contribution < -0.4 is 4.90 Å². The smallest absolute Gasteiger partial charge is 0.0998 e. The minimum Gasteiger partial charge on any atom is -0.310 e. The first-order valence-electron chi connectivity index (χ1n) is 17.3. The lowest BCUT2D eigenvalue weighted by Gasteiger charge is -2.28. The molecule has 0 saturated carbocycles. The first-order chi connectivity index (χ1) is 25.1. The molecule has 1 aliphatic carbocycles. The van der Waals surface area contributed by atoms with Crippen molar-refractivity contribution in [1.82, 2.24) is 0 Å². The average Bonchev–Trinajstić information content (AvgIpc) is 3.50. The molecule has 8 rings (SSSR count). The second-order valence-corrected chi connectivity index (χ2v) is 12.9. The van der Waals surface area contributed by atoms with Crippen molar-refractivity contribution >= 4 is 22.1 Å². The van der Waals surface area contributed by atoms with E-state index < -0.39 is 0 Å². The SMILES string of the molecule is C=C/C=C(\C=C/C)N(c1cc(-c2ccccc2C)cc(-c2ccccc2C#N)c1)c1cccc(-c2ccc3c4c(cccc24)-c2ccccc2-3)c1. The Morgan fingerprint density at radius 3 is 1.92 bits per heavy atom. The van der Waals surface area contributed by atoms with Gasteiger partial charge in [-0.3, -0.25) is 0 Å². The highest BCUT2D eigenvalue weighted by Crippen LogP contribution is 2.49. The Labute approximate surface area is 300 Å². The van der Waals surface area contributed by atoms with Crippen molar-refractivity contribution in [3.63, 3.8) is 0 Å². The van der Waals surface area contributed by atoms with Crippen LogP contribution in [-0.4, -0.2) is 0 Å². The standard InChI is InChI=1S/C49H36N2/c1-4-14-38(15-5-2)51(40-30-36(41-20-8-6-16-33(41)3)28-37(31-40)42-21-9-7-17-35(42)32-50)39-19-12-18-34(29-39)43-26-27-48-45-23-11-10-22-44(45)47-25-13-24-46(43)49(47)48/h4-31H,1H2,2-3H3/b15-5-,38-14+. The summed E-state index contributed by atoms with van der Waals surface area (Å²) < 4.78 is 0. The number of rotatable bonds is 8. The molecule has 0 aromatic heterocycles. The third-order valence-electron chi connectivity index (χ3n) is 9.84. The van der Waals surface area contributed by atoms with E-state index in [1.165, 1.54) is 44.2 Å². The number of hydrogen-bond donors (Lipinski definition) is 0. The van der Waals surface area contributed by atoms with Gasteiger partial charge < -0.3 is 4.90 Å². The summed E-state index contributed by atoms with van der Waals surface area (Å²) in [7, 11) is 0. The average molecular weight is 653 g/mol. The van der Waals surface area contributed by atoms with Gasteiger partial charge in [-0.25, -0.2) is 0 Å². The molecule has 0 spiro atoms. The minimum atomic E-state index is 0.642. The van der Waals surface area contributed by atoms with Crippen LogP contribution in [0.25, 0.3) is 66.4 Å². The number of aryl methyl sites for hydroxylation is 1. The number of nitriles is 1. The molecule has 0 fully saturated rings. The van der Waals surface area contributed by atoms with Gasteiger partial charge in [-0.05, 0) is 134 Å². The molecule has 7 aromatic carbocycles. The number of anilines is 2. The minimum absolute atomic E-state index is 0.642. The monoisotopic (exact) mass is 652 g/mol. The Balaban J connectivity index is 1.35. The summed E-state index contributed by atoms with van der Waals surface area (Å²) in [5, 5.41) is 12.7. The second kappa shape index (κ2) is 13.3. The fraction of sp³-hybridized carbons (Fsp3) is 0.0408. The molecule has 51 heavy (non-hydrogen) atoms. The fourth-order valence-electron chi connectivity index (χ4n) is 7.60. The van der Waals surface area contributed by atoms with Crippen molar-refractivity contribution in [1.29, 1.82) is 5.26 Å². The van der Waals surface area contributed by atoms with Crippen molar-refractivity contribution in [2.24, 2.45) is 0 Å². The van der Waals surface area contributed by atoms with Gasteiger partial charge in [0, 0.05) is 17.1 Å². The van der Waals surface area contributed by atoms with Crippen LogP contribution in [0.3, 0.4) is 0 Å². The Morgan fingerprint density at radius 1 is 0.588 bits per heavy atom. The fourth-order valence-corrected chi connectivity index (χ4v) is 7.60. The molecule has 0 radical (unpaired) electrons. The molecule has 0 atom stereocenters. The maximum atomic E-state index is 10.1. The molecule has 0 saturated heterocycles. The molecule has 0 heterocycles. The molecule has 2 heteroatoms. The molecule has 0 unspecified atom stereocenters. The topological polar surface area (TPSA) is 27.0 Å². The summed E-state index contributed by atoms with van der Waals surface area (Å²) in [4.78, 5) is 2.29. The Bertz CT molecular complexity index is 2560. The van der Waals surface area contributed by atoms with Gasteiger partial charge in [0.05, 0.1) is 11.6 Å². The lowest BCUT2D eigenvalue weighted by molar-refractivity contribution is 1.21. The lowest BCUT2D eigenvalue weighted by atomic mass is 9.93. The molecule has 0 bridgehead atoms. The molecular weight excluding hydrogens is 617 g/mol. The largest absolute Gasteiger partial charge is 0.310 e.